The van der Waals surface area contributed by atoms with Crippen LogP contribution in [0.5, 0.6) is 0 Å². The van der Waals surface area contributed by atoms with Crippen LogP contribution in [0.15, 0.2) is 0 Å². The molecule has 1 rings (SSSR count). The van der Waals surface area contributed by atoms with E-state index < -0.39 is 0 Å². The minimum Gasteiger partial charge on any atom is -0.394 e. The summed E-state index contributed by atoms with van der Waals surface area (Å²) in [6.07, 6.45) is 3.92. The Balaban J connectivity index is 2.33. The Morgan fingerprint density at radius 3 is 2.67 bits per heavy atom. The Kier molecular flexibility index (Phi) is 6.60. The van der Waals surface area contributed by atoms with Crippen molar-refractivity contribution < 1.29 is 14.6 Å². The molecule has 106 valence electrons. The van der Waals surface area contributed by atoms with E-state index in [1.54, 1.807) is 0 Å². The summed E-state index contributed by atoms with van der Waals surface area (Å²) in [7, 11) is 0. The van der Waals surface area contributed by atoms with Crippen molar-refractivity contribution in [1.82, 2.24) is 5.32 Å². The predicted octanol–water partition coefficient (Wildman–Crippen LogP) is 0.267. The van der Waals surface area contributed by atoms with Crippen LogP contribution in [0.2, 0.25) is 0 Å². The number of aliphatic hydroxyl groups excluding tert-OH is 1. The van der Waals surface area contributed by atoms with Crippen molar-refractivity contribution >= 4 is 5.91 Å². The second kappa shape index (κ2) is 7.71. The molecule has 0 aliphatic heterocycles. The van der Waals surface area contributed by atoms with E-state index in [-0.39, 0.29) is 17.9 Å². The van der Waals surface area contributed by atoms with Crippen LogP contribution in [-0.4, -0.2) is 43.9 Å². The number of carbonyl (C=O) groups is 1. The summed E-state index contributed by atoms with van der Waals surface area (Å²) in [5.74, 6) is 0.759. The number of nitrogens with one attached hydrogen (secondary N) is 1. The zero-order chi connectivity index (χ0) is 13.4. The number of ether oxygens (including phenoxy) is 1. The molecular formula is C13H26N2O3. The highest BCUT2D eigenvalue weighted by Crippen LogP contribution is 2.38. The van der Waals surface area contributed by atoms with E-state index in [4.69, 9.17) is 15.6 Å². The van der Waals surface area contributed by atoms with Gasteiger partial charge < -0.3 is 20.9 Å². The van der Waals surface area contributed by atoms with Gasteiger partial charge in [-0.15, -0.1) is 0 Å². The highest BCUT2D eigenvalue weighted by Gasteiger charge is 2.39. The minimum atomic E-state index is -0.372. The fourth-order valence-corrected chi connectivity index (χ4v) is 2.43. The van der Waals surface area contributed by atoms with Crippen LogP contribution in [0.4, 0.5) is 0 Å². The molecule has 0 aromatic rings. The van der Waals surface area contributed by atoms with Gasteiger partial charge in [0.05, 0.1) is 25.2 Å². The quantitative estimate of drug-likeness (QED) is 0.572. The molecule has 1 saturated carbocycles. The van der Waals surface area contributed by atoms with Gasteiger partial charge in [0.2, 0.25) is 5.91 Å². The van der Waals surface area contributed by atoms with Gasteiger partial charge in [-0.1, -0.05) is 6.92 Å². The Bertz CT molecular complexity index is 251. The van der Waals surface area contributed by atoms with Gasteiger partial charge in [-0.3, -0.25) is 4.79 Å². The largest absolute Gasteiger partial charge is 0.394 e. The number of hydrogen-bond donors (Lipinski definition) is 3. The van der Waals surface area contributed by atoms with Gasteiger partial charge in [-0.05, 0) is 31.6 Å². The molecule has 0 radical (unpaired) electrons. The molecule has 5 nitrogen and oxygen atoms in total. The number of nitrogens with two attached hydrogens (primary N) is 1. The minimum absolute atomic E-state index is 0.0125. The average Bonchev–Trinajstić information content (AvgIpc) is 2.39. The maximum absolute atomic E-state index is 12.2. The molecule has 1 aliphatic carbocycles. The second-order valence-corrected chi connectivity index (χ2v) is 5.26. The number of hydrogen-bond acceptors (Lipinski definition) is 4. The molecule has 1 amide bonds. The topological polar surface area (TPSA) is 84.6 Å². The molecule has 0 spiro atoms. The average molecular weight is 258 g/mol. The van der Waals surface area contributed by atoms with Crippen LogP contribution >= 0.6 is 0 Å². The highest BCUT2D eigenvalue weighted by atomic mass is 16.5. The van der Waals surface area contributed by atoms with Crippen LogP contribution in [0.25, 0.3) is 0 Å². The van der Waals surface area contributed by atoms with Crippen molar-refractivity contribution in [3.05, 3.63) is 0 Å². The first-order valence-corrected chi connectivity index (χ1v) is 6.81. The van der Waals surface area contributed by atoms with Crippen molar-refractivity contribution in [2.45, 2.75) is 32.6 Å². The van der Waals surface area contributed by atoms with Crippen molar-refractivity contribution in [3.8, 4) is 0 Å². The predicted molar refractivity (Wildman–Crippen MR) is 70.0 cm³/mol. The van der Waals surface area contributed by atoms with Crippen molar-refractivity contribution in [1.29, 1.82) is 0 Å². The van der Waals surface area contributed by atoms with Crippen LogP contribution < -0.4 is 11.1 Å². The van der Waals surface area contributed by atoms with Crippen LogP contribution in [0, 0.1) is 11.3 Å². The lowest BCUT2D eigenvalue weighted by atomic mass is 9.70. The molecule has 5 heteroatoms. The van der Waals surface area contributed by atoms with E-state index in [1.165, 1.54) is 0 Å². The molecule has 18 heavy (non-hydrogen) atoms. The summed E-state index contributed by atoms with van der Waals surface area (Å²) in [5.41, 5.74) is 5.44. The standard InChI is InChI=1S/C13H26N2O3/c1-11-2-4-13(10-14,5-3-11)12(17)15-6-8-18-9-7-16/h11,16H,2-10,14H2,1H3,(H,15,17). The smallest absolute Gasteiger partial charge is 0.227 e. The summed E-state index contributed by atoms with van der Waals surface area (Å²) in [4.78, 5) is 12.2. The first-order valence-electron chi connectivity index (χ1n) is 6.81. The molecule has 4 N–H and O–H groups in total. The lowest BCUT2D eigenvalue weighted by Gasteiger charge is -2.37. The summed E-state index contributed by atoms with van der Waals surface area (Å²) < 4.78 is 5.11. The fourth-order valence-electron chi connectivity index (χ4n) is 2.43. The fraction of sp³-hybridized carbons (Fsp3) is 0.923. The molecular weight excluding hydrogens is 232 g/mol. The third-order valence-corrected chi connectivity index (χ3v) is 3.87. The van der Waals surface area contributed by atoms with E-state index in [9.17, 15) is 4.79 Å². The summed E-state index contributed by atoms with van der Waals surface area (Å²) in [6.45, 7) is 3.89. The van der Waals surface area contributed by atoms with Crippen LogP contribution in [-0.2, 0) is 9.53 Å². The van der Waals surface area contributed by atoms with Gasteiger partial charge in [-0.2, -0.15) is 0 Å². The summed E-state index contributed by atoms with van der Waals surface area (Å²) in [6, 6.07) is 0. The maximum atomic E-state index is 12.2. The third kappa shape index (κ3) is 4.23. The lowest BCUT2D eigenvalue weighted by Crippen LogP contribution is -2.48. The molecule has 0 heterocycles. The van der Waals surface area contributed by atoms with Crippen LogP contribution in [0.3, 0.4) is 0 Å². The maximum Gasteiger partial charge on any atom is 0.227 e. The normalized spacial score (nSPS) is 28.1. The first-order chi connectivity index (χ1) is 8.64. The molecule has 0 bridgehead atoms. The molecule has 0 aromatic carbocycles. The monoisotopic (exact) mass is 258 g/mol. The van der Waals surface area contributed by atoms with E-state index in [1.807, 2.05) is 0 Å². The van der Waals surface area contributed by atoms with Crippen LogP contribution in [0.1, 0.15) is 32.6 Å². The van der Waals surface area contributed by atoms with Gasteiger partial charge in [-0.25, -0.2) is 0 Å². The van der Waals surface area contributed by atoms with Gasteiger partial charge in [0, 0.05) is 13.1 Å². The Labute approximate surface area is 109 Å². The lowest BCUT2D eigenvalue weighted by molar-refractivity contribution is -0.133. The number of carbonyl (C=O) groups excluding carboxylic acids is 1. The SMILES string of the molecule is CC1CCC(CN)(C(=O)NCCOCCO)CC1. The first kappa shape index (κ1) is 15.4. The summed E-state index contributed by atoms with van der Waals surface area (Å²) >= 11 is 0. The van der Waals surface area contributed by atoms with Crippen molar-refractivity contribution in [2.24, 2.45) is 17.1 Å². The molecule has 0 atom stereocenters. The van der Waals surface area contributed by atoms with E-state index in [2.05, 4.69) is 12.2 Å². The van der Waals surface area contributed by atoms with Gasteiger partial charge in [0.25, 0.3) is 0 Å². The summed E-state index contributed by atoms with van der Waals surface area (Å²) in [5, 5.41) is 11.4. The number of rotatable bonds is 7. The van der Waals surface area contributed by atoms with Gasteiger partial charge >= 0.3 is 0 Å². The second-order valence-electron chi connectivity index (χ2n) is 5.26. The highest BCUT2D eigenvalue weighted by molar-refractivity contribution is 5.83. The van der Waals surface area contributed by atoms with Crippen molar-refractivity contribution in [3.63, 3.8) is 0 Å². The Morgan fingerprint density at radius 1 is 1.44 bits per heavy atom. The zero-order valence-corrected chi connectivity index (χ0v) is 11.3. The van der Waals surface area contributed by atoms with E-state index in [0.717, 1.165) is 25.7 Å². The molecule has 1 aliphatic rings. The van der Waals surface area contributed by atoms with E-state index in [0.29, 0.717) is 32.2 Å². The van der Waals surface area contributed by atoms with Crippen molar-refractivity contribution in [2.75, 3.05) is 32.9 Å². The Hall–Kier alpha value is -0.650. The Morgan fingerprint density at radius 2 is 2.11 bits per heavy atom. The zero-order valence-electron chi connectivity index (χ0n) is 11.3. The molecule has 0 aromatic heterocycles. The number of aliphatic hydroxyl groups is 1. The molecule has 1 fully saturated rings. The number of amides is 1. The van der Waals surface area contributed by atoms with Gasteiger partial charge in [0.15, 0.2) is 0 Å². The third-order valence-electron chi connectivity index (χ3n) is 3.87. The molecule has 0 unspecified atom stereocenters. The van der Waals surface area contributed by atoms with E-state index >= 15 is 0 Å². The molecule has 0 saturated heterocycles. The van der Waals surface area contributed by atoms with Gasteiger partial charge in [0.1, 0.15) is 0 Å².